The second-order valence-corrected chi connectivity index (χ2v) is 2.11. The number of aromatic amines is 1. The van der Waals surface area contributed by atoms with E-state index in [1.165, 1.54) is 6.33 Å². The molecular formula is C5H9N5O. The highest BCUT2D eigenvalue weighted by Crippen LogP contribution is 1.92. The van der Waals surface area contributed by atoms with Gasteiger partial charge in [-0.2, -0.15) is 10.1 Å². The molecule has 1 atom stereocenters. The molecule has 4 N–H and O–H groups in total. The molecule has 0 spiro atoms. The lowest BCUT2D eigenvalue weighted by Crippen LogP contribution is -2.32. The summed E-state index contributed by atoms with van der Waals surface area (Å²) in [7, 11) is 0. The average Bonchev–Trinajstić information content (AvgIpc) is 2.39. The maximum atomic E-state index is 10.9. The van der Waals surface area contributed by atoms with Crippen LogP contribution in [0.15, 0.2) is 6.33 Å². The van der Waals surface area contributed by atoms with E-state index in [2.05, 4.69) is 20.5 Å². The maximum absolute atomic E-state index is 10.9. The van der Waals surface area contributed by atoms with Gasteiger partial charge in [0.1, 0.15) is 6.33 Å². The zero-order valence-corrected chi connectivity index (χ0v) is 6.03. The lowest BCUT2D eigenvalue weighted by atomic mass is 10.3. The molecular weight excluding hydrogens is 146 g/mol. The molecule has 6 nitrogen and oxygen atoms in total. The van der Waals surface area contributed by atoms with Crippen molar-refractivity contribution in [1.29, 1.82) is 0 Å². The van der Waals surface area contributed by atoms with Crippen LogP contribution in [0.2, 0.25) is 0 Å². The fourth-order valence-electron chi connectivity index (χ4n) is 0.496. The fraction of sp³-hybridized carbons (Fsp3) is 0.400. The van der Waals surface area contributed by atoms with Crippen molar-refractivity contribution in [3.05, 3.63) is 6.33 Å². The summed E-state index contributed by atoms with van der Waals surface area (Å²) in [6, 6.07) is -0.542. The Morgan fingerprint density at radius 3 is 3.09 bits per heavy atom. The monoisotopic (exact) mass is 155 g/mol. The first kappa shape index (κ1) is 7.67. The number of nitrogens with zero attached hydrogens (tertiary/aromatic N) is 2. The van der Waals surface area contributed by atoms with Crippen LogP contribution in [0.1, 0.15) is 6.92 Å². The molecule has 0 fully saturated rings. The van der Waals surface area contributed by atoms with Gasteiger partial charge in [-0.3, -0.25) is 10.1 Å². The van der Waals surface area contributed by atoms with Gasteiger partial charge in [-0.25, -0.2) is 5.10 Å². The van der Waals surface area contributed by atoms with Crippen molar-refractivity contribution in [2.75, 3.05) is 5.32 Å². The van der Waals surface area contributed by atoms with Gasteiger partial charge in [0.25, 0.3) is 0 Å². The van der Waals surface area contributed by atoms with Crippen molar-refractivity contribution >= 4 is 11.9 Å². The molecule has 0 saturated heterocycles. The molecule has 1 aromatic heterocycles. The van der Waals surface area contributed by atoms with Crippen molar-refractivity contribution in [2.24, 2.45) is 5.73 Å². The Labute approximate surface area is 63.2 Å². The Bertz CT molecular complexity index is 229. The SMILES string of the molecule is C[C@H](N)C(=O)Nc1ncn[nH]1. The van der Waals surface area contributed by atoms with Crippen LogP contribution in [0.25, 0.3) is 0 Å². The number of nitrogens with one attached hydrogen (secondary N) is 2. The quantitative estimate of drug-likeness (QED) is 0.515. The second-order valence-electron chi connectivity index (χ2n) is 2.11. The molecule has 1 rings (SSSR count). The van der Waals surface area contributed by atoms with E-state index in [0.29, 0.717) is 5.95 Å². The molecule has 0 bridgehead atoms. The number of aromatic nitrogens is 3. The molecule has 0 saturated carbocycles. The number of hydrogen-bond donors (Lipinski definition) is 3. The highest BCUT2D eigenvalue weighted by atomic mass is 16.2. The van der Waals surface area contributed by atoms with Gasteiger partial charge in [0.15, 0.2) is 0 Å². The topological polar surface area (TPSA) is 96.7 Å². The lowest BCUT2D eigenvalue weighted by Gasteiger charge is -2.02. The van der Waals surface area contributed by atoms with Crippen molar-refractivity contribution in [2.45, 2.75) is 13.0 Å². The predicted octanol–water partition coefficient (Wildman–Crippen LogP) is -0.910. The number of rotatable bonds is 2. The third-order valence-corrected chi connectivity index (χ3v) is 1.07. The van der Waals surface area contributed by atoms with Crippen molar-refractivity contribution in [1.82, 2.24) is 15.2 Å². The first-order chi connectivity index (χ1) is 5.20. The molecule has 0 aromatic carbocycles. The maximum Gasteiger partial charge on any atom is 0.243 e. The third kappa shape index (κ3) is 2.01. The Morgan fingerprint density at radius 2 is 2.64 bits per heavy atom. The number of hydrogen-bond acceptors (Lipinski definition) is 4. The molecule has 1 amide bonds. The summed E-state index contributed by atoms with van der Waals surface area (Å²) in [6.07, 6.45) is 1.30. The smallest absolute Gasteiger partial charge is 0.243 e. The van der Waals surface area contributed by atoms with E-state index in [0.717, 1.165) is 0 Å². The summed E-state index contributed by atoms with van der Waals surface area (Å²) in [5, 5.41) is 8.45. The minimum atomic E-state index is -0.542. The second kappa shape index (κ2) is 3.11. The number of nitrogens with two attached hydrogens (primary N) is 1. The summed E-state index contributed by atoms with van der Waals surface area (Å²) >= 11 is 0. The molecule has 60 valence electrons. The summed E-state index contributed by atoms with van der Waals surface area (Å²) in [5.74, 6) is 0.0223. The van der Waals surface area contributed by atoms with Crippen molar-refractivity contribution in [3.63, 3.8) is 0 Å². The Morgan fingerprint density at radius 1 is 1.91 bits per heavy atom. The van der Waals surface area contributed by atoms with Gasteiger partial charge in [-0.05, 0) is 6.92 Å². The van der Waals surface area contributed by atoms with Crippen LogP contribution >= 0.6 is 0 Å². The summed E-state index contributed by atoms with van der Waals surface area (Å²) in [4.78, 5) is 14.6. The largest absolute Gasteiger partial charge is 0.320 e. The van der Waals surface area contributed by atoms with E-state index >= 15 is 0 Å². The average molecular weight is 155 g/mol. The van der Waals surface area contributed by atoms with Gasteiger partial charge in [0, 0.05) is 0 Å². The predicted molar refractivity (Wildman–Crippen MR) is 38.7 cm³/mol. The van der Waals surface area contributed by atoms with E-state index in [-0.39, 0.29) is 5.91 Å². The number of carbonyl (C=O) groups is 1. The van der Waals surface area contributed by atoms with Crippen LogP contribution in [0.4, 0.5) is 5.95 Å². The fourth-order valence-corrected chi connectivity index (χ4v) is 0.496. The Balaban J connectivity index is 2.50. The van der Waals surface area contributed by atoms with E-state index in [9.17, 15) is 4.79 Å². The zero-order valence-electron chi connectivity index (χ0n) is 6.03. The molecule has 0 aliphatic carbocycles. The molecule has 1 heterocycles. The normalized spacial score (nSPS) is 12.5. The number of carbonyl (C=O) groups excluding carboxylic acids is 1. The van der Waals surface area contributed by atoms with Gasteiger partial charge < -0.3 is 5.73 Å². The minimum Gasteiger partial charge on any atom is -0.320 e. The van der Waals surface area contributed by atoms with Crippen LogP contribution < -0.4 is 11.1 Å². The van der Waals surface area contributed by atoms with E-state index in [1.807, 2.05) is 0 Å². The molecule has 0 aliphatic heterocycles. The summed E-state index contributed by atoms with van der Waals surface area (Å²) < 4.78 is 0. The van der Waals surface area contributed by atoms with Gasteiger partial charge in [-0.15, -0.1) is 0 Å². The number of amides is 1. The molecule has 0 unspecified atom stereocenters. The van der Waals surface area contributed by atoms with Crippen LogP contribution in [0.3, 0.4) is 0 Å². The third-order valence-electron chi connectivity index (χ3n) is 1.07. The lowest BCUT2D eigenvalue weighted by molar-refractivity contribution is -0.117. The van der Waals surface area contributed by atoms with E-state index in [4.69, 9.17) is 5.73 Å². The van der Waals surface area contributed by atoms with Gasteiger partial charge in [-0.1, -0.05) is 0 Å². The van der Waals surface area contributed by atoms with Gasteiger partial charge in [0.05, 0.1) is 6.04 Å². The van der Waals surface area contributed by atoms with Crippen LogP contribution in [0.5, 0.6) is 0 Å². The summed E-state index contributed by atoms with van der Waals surface area (Å²) in [5.41, 5.74) is 5.28. The van der Waals surface area contributed by atoms with Crippen LogP contribution in [0, 0.1) is 0 Å². The standard InChI is InChI=1S/C5H9N5O/c1-3(6)4(11)9-5-7-2-8-10-5/h2-3H,6H2,1H3,(H2,7,8,9,10,11)/t3-/m0/s1. The number of H-pyrrole nitrogens is 1. The number of anilines is 1. The molecule has 0 radical (unpaired) electrons. The van der Waals surface area contributed by atoms with E-state index < -0.39 is 6.04 Å². The van der Waals surface area contributed by atoms with Crippen molar-refractivity contribution < 1.29 is 4.79 Å². The van der Waals surface area contributed by atoms with Gasteiger partial charge in [0.2, 0.25) is 11.9 Å². The van der Waals surface area contributed by atoms with Crippen LogP contribution in [-0.2, 0) is 4.79 Å². The minimum absolute atomic E-state index is 0.290. The van der Waals surface area contributed by atoms with Crippen molar-refractivity contribution in [3.8, 4) is 0 Å². The highest BCUT2D eigenvalue weighted by Gasteiger charge is 2.07. The molecule has 0 aliphatic rings. The summed E-state index contributed by atoms with van der Waals surface area (Å²) in [6.45, 7) is 1.59. The molecule has 1 aromatic rings. The zero-order chi connectivity index (χ0) is 8.27. The molecule has 6 heteroatoms. The Hall–Kier alpha value is -1.43. The highest BCUT2D eigenvalue weighted by molar-refractivity contribution is 5.92. The first-order valence-electron chi connectivity index (χ1n) is 3.12. The van der Waals surface area contributed by atoms with E-state index in [1.54, 1.807) is 6.92 Å². The first-order valence-corrected chi connectivity index (χ1v) is 3.12. The Kier molecular flexibility index (Phi) is 2.17. The molecule has 11 heavy (non-hydrogen) atoms. The van der Waals surface area contributed by atoms with Crippen LogP contribution in [-0.4, -0.2) is 27.1 Å². The van der Waals surface area contributed by atoms with Gasteiger partial charge >= 0.3 is 0 Å².